The molecule has 0 bridgehead atoms. The minimum Gasteiger partial charge on any atom is -0.463 e. The number of anilines is 2. The molecule has 7 nitrogen and oxygen atoms in total. The molecule has 1 atom stereocenters. The number of benzene rings is 1. The van der Waals surface area contributed by atoms with Crippen LogP contribution in [0.5, 0.6) is 0 Å². The van der Waals surface area contributed by atoms with E-state index >= 15 is 0 Å². The molecule has 4 rings (SSSR count). The van der Waals surface area contributed by atoms with E-state index in [0.717, 1.165) is 22.4 Å². The Morgan fingerprint density at radius 1 is 1.28 bits per heavy atom. The van der Waals surface area contributed by atoms with E-state index in [9.17, 15) is 9.59 Å². The molecule has 0 saturated carbocycles. The molecule has 1 aliphatic rings. The highest BCUT2D eigenvalue weighted by atomic mass is 16.3. The van der Waals surface area contributed by atoms with Crippen molar-refractivity contribution in [3.63, 3.8) is 0 Å². The van der Waals surface area contributed by atoms with E-state index < -0.39 is 11.1 Å². The van der Waals surface area contributed by atoms with Crippen LogP contribution in [0.3, 0.4) is 0 Å². The first kappa shape index (κ1) is 19.0. The summed E-state index contributed by atoms with van der Waals surface area (Å²) in [6, 6.07) is 12.8. The number of hydrogen-bond acceptors (Lipinski definition) is 5. The molecule has 0 spiro atoms. The van der Waals surface area contributed by atoms with Crippen LogP contribution in [-0.4, -0.2) is 21.2 Å². The van der Waals surface area contributed by atoms with Gasteiger partial charge in [0.05, 0.1) is 6.26 Å². The third-order valence-electron chi connectivity index (χ3n) is 5.43. The van der Waals surface area contributed by atoms with Crippen molar-refractivity contribution in [2.24, 2.45) is 0 Å². The van der Waals surface area contributed by atoms with Gasteiger partial charge in [-0.15, -0.1) is 0 Å². The van der Waals surface area contributed by atoms with E-state index in [0.29, 0.717) is 17.4 Å². The first-order chi connectivity index (χ1) is 13.8. The van der Waals surface area contributed by atoms with Gasteiger partial charge in [0, 0.05) is 11.2 Å². The van der Waals surface area contributed by atoms with Crippen molar-refractivity contribution in [3.8, 4) is 11.5 Å². The van der Waals surface area contributed by atoms with Gasteiger partial charge in [0.2, 0.25) is 5.91 Å². The number of aromatic nitrogens is 2. The number of carbonyl (C=O) groups excluding carboxylic acids is 1. The highest BCUT2D eigenvalue weighted by molar-refractivity contribution is 5.96. The molecule has 0 radical (unpaired) electrons. The van der Waals surface area contributed by atoms with Crippen molar-refractivity contribution in [2.75, 3.05) is 10.6 Å². The van der Waals surface area contributed by atoms with Gasteiger partial charge in [-0.1, -0.05) is 25.1 Å². The van der Waals surface area contributed by atoms with Crippen LogP contribution in [0.25, 0.3) is 11.5 Å². The van der Waals surface area contributed by atoms with Crippen LogP contribution in [0.15, 0.2) is 57.9 Å². The smallest absolute Gasteiger partial charge is 0.290 e. The monoisotopic (exact) mass is 392 g/mol. The lowest BCUT2D eigenvalue weighted by atomic mass is 9.80. The quantitative estimate of drug-likeness (QED) is 0.737. The second-order valence-corrected chi connectivity index (χ2v) is 8.13. The number of fused-ring (bicyclic) bond motifs is 1. The SMILES string of the molecule is C[C@@H]1CC(C)(C)N(C(=O)Cn2nc(-c3ccco3)cc(N)c2=O)c2ccccc21. The van der Waals surface area contributed by atoms with Gasteiger partial charge in [-0.3, -0.25) is 9.59 Å². The number of furan rings is 1. The minimum atomic E-state index is -0.495. The van der Waals surface area contributed by atoms with Gasteiger partial charge in [0.15, 0.2) is 5.76 Å². The summed E-state index contributed by atoms with van der Waals surface area (Å²) in [5, 5.41) is 4.31. The van der Waals surface area contributed by atoms with Crippen molar-refractivity contribution in [1.29, 1.82) is 0 Å². The number of para-hydroxylation sites is 1. The standard InChI is InChI=1S/C22H24N4O3/c1-14-12-22(2,3)26(18-8-5-4-7-15(14)18)20(27)13-25-21(28)16(23)11-17(24-25)19-9-6-10-29-19/h4-11,14H,12-13,23H2,1-3H3/t14-/m1/s1. The Bertz CT molecular complexity index is 1120. The maximum Gasteiger partial charge on any atom is 0.290 e. The van der Waals surface area contributed by atoms with E-state index in [4.69, 9.17) is 10.2 Å². The highest BCUT2D eigenvalue weighted by Gasteiger charge is 2.39. The van der Waals surface area contributed by atoms with E-state index in [-0.39, 0.29) is 18.1 Å². The van der Waals surface area contributed by atoms with Gasteiger partial charge in [-0.2, -0.15) is 5.10 Å². The molecule has 3 aromatic rings. The fourth-order valence-electron chi connectivity index (χ4n) is 4.27. The predicted molar refractivity (Wildman–Crippen MR) is 112 cm³/mol. The second-order valence-electron chi connectivity index (χ2n) is 8.13. The maximum atomic E-state index is 13.4. The van der Waals surface area contributed by atoms with Crippen molar-refractivity contribution in [3.05, 3.63) is 64.6 Å². The number of carbonyl (C=O) groups is 1. The van der Waals surface area contributed by atoms with Crippen molar-refractivity contribution in [2.45, 2.75) is 45.2 Å². The summed E-state index contributed by atoms with van der Waals surface area (Å²) in [5.41, 5.74) is 7.44. The Morgan fingerprint density at radius 2 is 2.03 bits per heavy atom. The first-order valence-electron chi connectivity index (χ1n) is 9.61. The van der Waals surface area contributed by atoms with Crippen LogP contribution in [-0.2, 0) is 11.3 Å². The van der Waals surface area contributed by atoms with E-state index in [1.54, 1.807) is 17.0 Å². The second kappa shape index (κ2) is 6.92. The van der Waals surface area contributed by atoms with Crippen LogP contribution >= 0.6 is 0 Å². The molecule has 1 aromatic carbocycles. The fraction of sp³-hybridized carbons (Fsp3) is 0.318. The summed E-state index contributed by atoms with van der Waals surface area (Å²) in [5.74, 6) is 0.610. The highest BCUT2D eigenvalue weighted by Crippen LogP contribution is 2.43. The largest absolute Gasteiger partial charge is 0.463 e. The van der Waals surface area contributed by atoms with Crippen molar-refractivity contribution < 1.29 is 9.21 Å². The third kappa shape index (κ3) is 3.33. The van der Waals surface area contributed by atoms with Gasteiger partial charge >= 0.3 is 0 Å². The average Bonchev–Trinajstić information content (AvgIpc) is 3.19. The summed E-state index contributed by atoms with van der Waals surface area (Å²) in [7, 11) is 0. The third-order valence-corrected chi connectivity index (χ3v) is 5.43. The number of nitrogens with zero attached hydrogens (tertiary/aromatic N) is 3. The van der Waals surface area contributed by atoms with Gasteiger partial charge in [0.25, 0.3) is 5.56 Å². The van der Waals surface area contributed by atoms with Crippen LogP contribution in [0.4, 0.5) is 11.4 Å². The number of amides is 1. The van der Waals surface area contributed by atoms with E-state index in [2.05, 4.69) is 18.1 Å². The molecule has 2 aromatic heterocycles. The van der Waals surface area contributed by atoms with Gasteiger partial charge in [0.1, 0.15) is 17.9 Å². The number of hydrogen-bond donors (Lipinski definition) is 1. The van der Waals surface area contributed by atoms with Crippen molar-refractivity contribution in [1.82, 2.24) is 9.78 Å². The van der Waals surface area contributed by atoms with Crippen molar-refractivity contribution >= 4 is 17.3 Å². The number of nitrogens with two attached hydrogens (primary N) is 1. The Kier molecular flexibility index (Phi) is 4.53. The molecule has 1 amide bonds. The lowest BCUT2D eigenvalue weighted by Gasteiger charge is -2.46. The number of nitrogen functional groups attached to an aromatic ring is 1. The molecule has 29 heavy (non-hydrogen) atoms. The molecule has 150 valence electrons. The molecule has 0 fully saturated rings. The van der Waals surface area contributed by atoms with Gasteiger partial charge in [-0.25, -0.2) is 4.68 Å². The lowest BCUT2D eigenvalue weighted by molar-refractivity contribution is -0.120. The molecule has 0 unspecified atom stereocenters. The first-order valence-corrected chi connectivity index (χ1v) is 9.61. The summed E-state index contributed by atoms with van der Waals surface area (Å²) >= 11 is 0. The van der Waals surface area contributed by atoms with Gasteiger partial charge < -0.3 is 15.1 Å². The Hall–Kier alpha value is -3.35. The zero-order valence-electron chi connectivity index (χ0n) is 16.8. The van der Waals surface area contributed by atoms with E-state index in [1.807, 2.05) is 32.0 Å². The van der Waals surface area contributed by atoms with Crippen LogP contribution in [0.1, 0.15) is 38.7 Å². The molecule has 0 saturated heterocycles. The zero-order chi connectivity index (χ0) is 20.8. The van der Waals surface area contributed by atoms with Crippen LogP contribution in [0, 0.1) is 0 Å². The molecular formula is C22H24N4O3. The lowest BCUT2D eigenvalue weighted by Crippen LogP contribution is -2.53. The Labute approximate surface area is 168 Å². The van der Waals surface area contributed by atoms with Crippen LogP contribution < -0.4 is 16.2 Å². The topological polar surface area (TPSA) is 94.4 Å². The zero-order valence-corrected chi connectivity index (χ0v) is 16.8. The Morgan fingerprint density at radius 3 is 2.76 bits per heavy atom. The van der Waals surface area contributed by atoms with Gasteiger partial charge in [-0.05, 0) is 56.0 Å². The minimum absolute atomic E-state index is 0.0196. The fourth-order valence-corrected chi connectivity index (χ4v) is 4.27. The molecule has 0 aliphatic carbocycles. The molecule has 1 aliphatic heterocycles. The molecule has 3 heterocycles. The molecular weight excluding hydrogens is 368 g/mol. The summed E-state index contributed by atoms with van der Waals surface area (Å²) < 4.78 is 6.47. The number of rotatable bonds is 3. The molecule has 2 N–H and O–H groups in total. The average molecular weight is 392 g/mol. The summed E-state index contributed by atoms with van der Waals surface area (Å²) in [6.45, 7) is 6.05. The van der Waals surface area contributed by atoms with Crippen LogP contribution in [0.2, 0.25) is 0 Å². The summed E-state index contributed by atoms with van der Waals surface area (Å²) in [6.07, 6.45) is 2.34. The Balaban J connectivity index is 1.73. The maximum absolute atomic E-state index is 13.4. The molecule has 7 heteroatoms. The predicted octanol–water partition coefficient (Wildman–Crippen LogP) is 3.40. The van der Waals surface area contributed by atoms with E-state index in [1.165, 1.54) is 12.3 Å². The normalized spacial score (nSPS) is 17.8. The summed E-state index contributed by atoms with van der Waals surface area (Å²) in [4.78, 5) is 27.7.